The molecule has 0 unspecified atom stereocenters. The highest BCUT2D eigenvalue weighted by molar-refractivity contribution is 5.93. The molecule has 2 N–H and O–H groups in total. The normalized spacial score (nSPS) is 10.4. The zero-order valence-corrected chi connectivity index (χ0v) is 10.3. The van der Waals surface area contributed by atoms with Crippen LogP contribution in [0.15, 0.2) is 12.1 Å². The van der Waals surface area contributed by atoms with Gasteiger partial charge in [-0.3, -0.25) is 4.79 Å². The number of carbonyl (C=O) groups excluding carboxylic acids is 1. The zero-order valence-electron chi connectivity index (χ0n) is 10.3. The summed E-state index contributed by atoms with van der Waals surface area (Å²) in [6.07, 6.45) is 3.78. The highest BCUT2D eigenvalue weighted by Gasteiger charge is 2.17. The lowest BCUT2D eigenvalue weighted by atomic mass is 10.2. The highest BCUT2D eigenvalue weighted by Crippen LogP contribution is 2.24. The van der Waals surface area contributed by atoms with E-state index >= 15 is 0 Å². The molecule has 0 aromatic heterocycles. The number of carbonyl (C=O) groups is 1. The molecule has 0 aliphatic heterocycles. The second kappa shape index (κ2) is 6.93. The quantitative estimate of drug-likeness (QED) is 0.763. The number of amides is 1. The fraction of sp³-hybridized carbons (Fsp3) is 0.462. The molecular weight excluding hydrogens is 240 g/mol. The SMILES string of the molecule is CCCCCCOc1c(F)ccc(C(N)=O)c1F. The van der Waals surface area contributed by atoms with E-state index in [0.717, 1.165) is 31.4 Å². The van der Waals surface area contributed by atoms with Gasteiger partial charge in [0.2, 0.25) is 0 Å². The molecule has 1 aromatic rings. The lowest BCUT2D eigenvalue weighted by Gasteiger charge is -2.09. The van der Waals surface area contributed by atoms with E-state index in [1.165, 1.54) is 0 Å². The van der Waals surface area contributed by atoms with Crippen molar-refractivity contribution >= 4 is 5.91 Å². The molecular formula is C13H17F2NO2. The summed E-state index contributed by atoms with van der Waals surface area (Å²) in [6, 6.07) is 1.99. The molecule has 1 amide bonds. The predicted octanol–water partition coefficient (Wildman–Crippen LogP) is 3.02. The second-order valence-corrected chi connectivity index (χ2v) is 4.01. The summed E-state index contributed by atoms with van der Waals surface area (Å²) in [6.45, 7) is 2.28. The fourth-order valence-electron chi connectivity index (χ4n) is 1.56. The number of primary amides is 1. The summed E-state index contributed by atoms with van der Waals surface area (Å²) in [5.74, 6) is -3.32. The van der Waals surface area contributed by atoms with Gasteiger partial charge in [-0.05, 0) is 18.6 Å². The Morgan fingerprint density at radius 3 is 2.61 bits per heavy atom. The number of ether oxygens (including phenoxy) is 1. The van der Waals surface area contributed by atoms with Gasteiger partial charge in [0.05, 0.1) is 12.2 Å². The third-order valence-electron chi connectivity index (χ3n) is 2.56. The van der Waals surface area contributed by atoms with E-state index in [9.17, 15) is 13.6 Å². The van der Waals surface area contributed by atoms with Crippen LogP contribution in [0.1, 0.15) is 43.0 Å². The van der Waals surface area contributed by atoms with Gasteiger partial charge in [-0.25, -0.2) is 8.78 Å². The largest absolute Gasteiger partial charge is 0.488 e. The third-order valence-corrected chi connectivity index (χ3v) is 2.56. The lowest BCUT2D eigenvalue weighted by Crippen LogP contribution is -2.14. The van der Waals surface area contributed by atoms with Crippen molar-refractivity contribution in [3.63, 3.8) is 0 Å². The van der Waals surface area contributed by atoms with E-state index in [1.54, 1.807) is 0 Å². The first-order valence-corrected chi connectivity index (χ1v) is 5.98. The summed E-state index contributed by atoms with van der Waals surface area (Å²) in [5.41, 5.74) is 4.61. The van der Waals surface area contributed by atoms with Crippen LogP contribution >= 0.6 is 0 Å². The molecule has 0 fully saturated rings. The van der Waals surface area contributed by atoms with E-state index in [4.69, 9.17) is 10.5 Å². The van der Waals surface area contributed by atoms with Crippen molar-refractivity contribution in [2.75, 3.05) is 6.61 Å². The topological polar surface area (TPSA) is 52.3 Å². The Bertz CT molecular complexity index is 422. The Morgan fingerprint density at radius 1 is 1.28 bits per heavy atom. The molecule has 0 spiro atoms. The standard InChI is InChI=1S/C13H17F2NO2/c1-2-3-4-5-8-18-12-10(14)7-6-9(11(12)15)13(16)17/h6-7H,2-5,8H2,1H3,(H2,16,17). The maximum Gasteiger partial charge on any atom is 0.251 e. The van der Waals surface area contributed by atoms with Crippen molar-refractivity contribution in [3.8, 4) is 5.75 Å². The van der Waals surface area contributed by atoms with Gasteiger partial charge in [0.15, 0.2) is 17.4 Å². The van der Waals surface area contributed by atoms with Crippen molar-refractivity contribution in [2.24, 2.45) is 5.73 Å². The summed E-state index contributed by atoms with van der Waals surface area (Å²) in [5, 5.41) is 0. The molecule has 0 saturated heterocycles. The number of benzene rings is 1. The van der Waals surface area contributed by atoms with Crippen molar-refractivity contribution in [3.05, 3.63) is 29.3 Å². The Kier molecular flexibility index (Phi) is 5.55. The van der Waals surface area contributed by atoms with Crippen LogP contribution in [0.2, 0.25) is 0 Å². The first kappa shape index (κ1) is 14.4. The van der Waals surface area contributed by atoms with Gasteiger partial charge in [-0.15, -0.1) is 0 Å². The number of unbranched alkanes of at least 4 members (excludes halogenated alkanes) is 3. The Morgan fingerprint density at radius 2 is 2.00 bits per heavy atom. The van der Waals surface area contributed by atoms with E-state index in [2.05, 4.69) is 6.92 Å². The van der Waals surface area contributed by atoms with E-state index in [-0.39, 0.29) is 12.2 Å². The van der Waals surface area contributed by atoms with Gasteiger partial charge in [0.1, 0.15) is 0 Å². The maximum atomic E-state index is 13.7. The van der Waals surface area contributed by atoms with Crippen molar-refractivity contribution in [1.29, 1.82) is 0 Å². The highest BCUT2D eigenvalue weighted by atomic mass is 19.1. The number of hydrogen-bond donors (Lipinski definition) is 1. The van der Waals surface area contributed by atoms with Crippen LogP contribution in [0.4, 0.5) is 8.78 Å². The molecule has 0 saturated carbocycles. The summed E-state index contributed by atoms with van der Waals surface area (Å²) in [7, 11) is 0. The monoisotopic (exact) mass is 257 g/mol. The van der Waals surface area contributed by atoms with Gasteiger partial charge in [0.25, 0.3) is 5.91 Å². The van der Waals surface area contributed by atoms with Gasteiger partial charge < -0.3 is 10.5 Å². The molecule has 1 aromatic carbocycles. The molecule has 0 bridgehead atoms. The Balaban J connectivity index is 2.69. The zero-order chi connectivity index (χ0) is 13.5. The van der Waals surface area contributed by atoms with Gasteiger partial charge >= 0.3 is 0 Å². The lowest BCUT2D eigenvalue weighted by molar-refractivity contribution is 0.0995. The fourth-order valence-corrected chi connectivity index (χ4v) is 1.56. The van der Waals surface area contributed by atoms with E-state index in [0.29, 0.717) is 6.42 Å². The first-order valence-electron chi connectivity index (χ1n) is 5.98. The van der Waals surface area contributed by atoms with E-state index in [1.807, 2.05) is 0 Å². The molecule has 0 aliphatic rings. The molecule has 100 valence electrons. The number of hydrogen-bond acceptors (Lipinski definition) is 2. The predicted molar refractivity (Wildman–Crippen MR) is 64.5 cm³/mol. The molecule has 5 heteroatoms. The minimum absolute atomic E-state index is 0.218. The van der Waals surface area contributed by atoms with Crippen LogP contribution in [0.3, 0.4) is 0 Å². The molecule has 0 heterocycles. The molecule has 0 radical (unpaired) electrons. The molecule has 0 atom stereocenters. The van der Waals surface area contributed by atoms with Gasteiger partial charge in [-0.2, -0.15) is 0 Å². The summed E-state index contributed by atoms with van der Waals surface area (Å²) in [4.78, 5) is 10.9. The summed E-state index contributed by atoms with van der Waals surface area (Å²) < 4.78 is 32.1. The smallest absolute Gasteiger partial charge is 0.251 e. The van der Waals surface area contributed by atoms with Crippen LogP contribution in [0, 0.1) is 11.6 Å². The van der Waals surface area contributed by atoms with Crippen LogP contribution in [0.25, 0.3) is 0 Å². The molecule has 18 heavy (non-hydrogen) atoms. The number of rotatable bonds is 7. The average molecular weight is 257 g/mol. The summed E-state index contributed by atoms with van der Waals surface area (Å²) >= 11 is 0. The van der Waals surface area contributed by atoms with Crippen LogP contribution < -0.4 is 10.5 Å². The first-order chi connectivity index (χ1) is 8.57. The third kappa shape index (κ3) is 3.68. The average Bonchev–Trinajstić information content (AvgIpc) is 2.32. The minimum atomic E-state index is -1.03. The van der Waals surface area contributed by atoms with Crippen molar-refractivity contribution in [1.82, 2.24) is 0 Å². The van der Waals surface area contributed by atoms with Gasteiger partial charge in [-0.1, -0.05) is 26.2 Å². The minimum Gasteiger partial charge on any atom is -0.488 e. The van der Waals surface area contributed by atoms with Crippen molar-refractivity contribution in [2.45, 2.75) is 32.6 Å². The Hall–Kier alpha value is -1.65. The van der Waals surface area contributed by atoms with Crippen LogP contribution in [-0.4, -0.2) is 12.5 Å². The van der Waals surface area contributed by atoms with Gasteiger partial charge in [0, 0.05) is 0 Å². The molecule has 1 rings (SSSR count). The van der Waals surface area contributed by atoms with E-state index < -0.39 is 23.3 Å². The number of nitrogens with two attached hydrogens (primary N) is 1. The maximum absolute atomic E-state index is 13.7. The molecule has 3 nitrogen and oxygen atoms in total. The molecule has 0 aliphatic carbocycles. The second-order valence-electron chi connectivity index (χ2n) is 4.01. The van der Waals surface area contributed by atoms with Crippen LogP contribution in [-0.2, 0) is 0 Å². The number of halogens is 2. The van der Waals surface area contributed by atoms with Crippen LogP contribution in [0.5, 0.6) is 5.75 Å². The Labute approximate surface area is 105 Å². The van der Waals surface area contributed by atoms with Crippen molar-refractivity contribution < 1.29 is 18.3 Å².